The molecule has 1 atom stereocenters. The number of carboxylic acid groups (broad SMARTS) is 1. The number of anilines is 1. The molecule has 7 nitrogen and oxygen atoms in total. The Morgan fingerprint density at radius 2 is 1.59 bits per heavy atom. The van der Waals surface area contributed by atoms with Crippen molar-refractivity contribution in [3.63, 3.8) is 0 Å². The zero-order valence-electron chi connectivity index (χ0n) is 18.5. The number of ketones is 1. The smallest absolute Gasteiger partial charge is 0.326 e. The minimum absolute atomic E-state index is 0.0694. The minimum Gasteiger partial charge on any atom is -0.480 e. The van der Waals surface area contributed by atoms with Gasteiger partial charge in [-0.15, -0.1) is 0 Å². The van der Waals surface area contributed by atoms with Crippen molar-refractivity contribution in [2.24, 2.45) is 17.6 Å². The Balaban J connectivity index is 0.000000303. The first-order chi connectivity index (χ1) is 15.3. The summed E-state index contributed by atoms with van der Waals surface area (Å²) in [6.07, 6.45) is 3.80. The third kappa shape index (κ3) is 8.15. The van der Waals surface area contributed by atoms with Crippen LogP contribution in [0.5, 0.6) is 0 Å². The number of nitrogens with one attached hydrogen (secondary N) is 1. The molecule has 0 heterocycles. The molecule has 1 fully saturated rings. The molecule has 6 N–H and O–H groups in total. The molecule has 3 rings (SSSR count). The third-order valence-corrected chi connectivity index (χ3v) is 5.77. The number of hydrogen-bond acceptors (Lipinski definition) is 5. The van der Waals surface area contributed by atoms with Gasteiger partial charge in [-0.1, -0.05) is 30.3 Å². The summed E-state index contributed by atoms with van der Waals surface area (Å²) in [7, 11) is 0. The monoisotopic (exact) mass is 439 g/mol. The molecular weight excluding hydrogens is 406 g/mol. The van der Waals surface area contributed by atoms with Crippen molar-refractivity contribution in [3.05, 3.63) is 65.7 Å². The largest absolute Gasteiger partial charge is 0.480 e. The van der Waals surface area contributed by atoms with Crippen LogP contribution in [0.2, 0.25) is 0 Å². The fourth-order valence-electron chi connectivity index (χ4n) is 3.72. The summed E-state index contributed by atoms with van der Waals surface area (Å²) in [5, 5.41) is 12.0. The summed E-state index contributed by atoms with van der Waals surface area (Å²) in [4.78, 5) is 34.4. The van der Waals surface area contributed by atoms with Gasteiger partial charge in [0, 0.05) is 23.6 Å². The molecule has 0 bridgehead atoms. The molecule has 1 saturated carbocycles. The van der Waals surface area contributed by atoms with Crippen molar-refractivity contribution in [3.8, 4) is 0 Å². The number of rotatable bonds is 7. The van der Waals surface area contributed by atoms with Gasteiger partial charge < -0.3 is 21.9 Å². The summed E-state index contributed by atoms with van der Waals surface area (Å²) in [5.74, 6) is -0.643. The van der Waals surface area contributed by atoms with Gasteiger partial charge in [-0.2, -0.15) is 0 Å². The van der Waals surface area contributed by atoms with E-state index in [0.29, 0.717) is 30.1 Å². The van der Waals surface area contributed by atoms with Crippen molar-refractivity contribution in [2.45, 2.75) is 45.1 Å². The summed E-state index contributed by atoms with van der Waals surface area (Å²) in [6.45, 7) is 2.20. The molecule has 1 aliphatic rings. The van der Waals surface area contributed by atoms with Crippen LogP contribution in [0.4, 0.5) is 5.69 Å². The molecule has 7 heteroatoms. The summed E-state index contributed by atoms with van der Waals surface area (Å²) < 4.78 is 0. The van der Waals surface area contributed by atoms with Crippen molar-refractivity contribution in [1.29, 1.82) is 0 Å². The van der Waals surface area contributed by atoms with E-state index in [1.54, 1.807) is 24.3 Å². The quantitative estimate of drug-likeness (QED) is 0.387. The Bertz CT molecular complexity index is 876. The summed E-state index contributed by atoms with van der Waals surface area (Å²) in [6, 6.07) is 15.4. The molecule has 2 aromatic carbocycles. The SMILES string of the molecule is CC(=O)c1ccc(N)cc1.NCC1CCC(C(=O)N[C@@H](Cc2ccccc2)C(=O)O)CC1. The van der Waals surface area contributed by atoms with Gasteiger partial charge in [-0.25, -0.2) is 4.79 Å². The molecule has 0 saturated heterocycles. The van der Waals surface area contributed by atoms with Crippen LogP contribution < -0.4 is 16.8 Å². The van der Waals surface area contributed by atoms with Crippen LogP contribution in [0.3, 0.4) is 0 Å². The van der Waals surface area contributed by atoms with E-state index in [9.17, 15) is 19.5 Å². The van der Waals surface area contributed by atoms with Gasteiger partial charge in [0.15, 0.2) is 5.78 Å². The number of nitrogen functional groups attached to an aromatic ring is 1. The lowest BCUT2D eigenvalue weighted by Crippen LogP contribution is -2.45. The number of carbonyl (C=O) groups is 3. The lowest BCUT2D eigenvalue weighted by atomic mass is 9.81. The summed E-state index contributed by atoms with van der Waals surface area (Å²) >= 11 is 0. The van der Waals surface area contributed by atoms with Crippen molar-refractivity contribution in [1.82, 2.24) is 5.32 Å². The standard InChI is InChI=1S/C17H24N2O3.C8H9NO/c18-11-13-6-8-14(9-7-13)16(20)19-15(17(21)22)10-12-4-2-1-3-5-12;1-6(10)7-2-4-8(9)5-3-7/h1-5,13-15H,6-11,18H2,(H,19,20)(H,21,22);2-5H,9H2,1H3/t13?,14?,15-;/m0./s1. The number of carbonyl (C=O) groups excluding carboxylic acids is 2. The van der Waals surface area contributed by atoms with Gasteiger partial charge >= 0.3 is 5.97 Å². The zero-order chi connectivity index (χ0) is 23.5. The predicted octanol–water partition coefficient (Wildman–Crippen LogP) is 3.04. The Hall–Kier alpha value is -3.19. The van der Waals surface area contributed by atoms with Crippen LogP contribution in [-0.4, -0.2) is 35.4 Å². The highest BCUT2D eigenvalue weighted by molar-refractivity contribution is 5.94. The summed E-state index contributed by atoms with van der Waals surface area (Å²) in [5.41, 5.74) is 13.4. The van der Waals surface area contributed by atoms with Crippen LogP contribution in [0.15, 0.2) is 54.6 Å². The molecule has 0 unspecified atom stereocenters. The molecule has 2 aromatic rings. The molecule has 1 aliphatic carbocycles. The van der Waals surface area contributed by atoms with Gasteiger partial charge in [0.25, 0.3) is 0 Å². The van der Waals surface area contributed by atoms with Crippen LogP contribution in [-0.2, 0) is 16.0 Å². The zero-order valence-corrected chi connectivity index (χ0v) is 18.5. The highest BCUT2D eigenvalue weighted by atomic mass is 16.4. The molecule has 0 radical (unpaired) electrons. The molecule has 0 aromatic heterocycles. The maximum atomic E-state index is 12.3. The first kappa shape index (κ1) is 25.1. The number of carboxylic acids is 1. The highest BCUT2D eigenvalue weighted by Crippen LogP contribution is 2.28. The Kier molecular flexibility index (Phi) is 9.88. The second-order valence-corrected chi connectivity index (χ2v) is 8.22. The lowest BCUT2D eigenvalue weighted by molar-refractivity contribution is -0.142. The molecular formula is C25H33N3O4. The van der Waals surface area contributed by atoms with Crippen LogP contribution in [0.1, 0.15) is 48.5 Å². The maximum Gasteiger partial charge on any atom is 0.326 e. The Morgan fingerprint density at radius 3 is 2.09 bits per heavy atom. The fourth-order valence-corrected chi connectivity index (χ4v) is 3.72. The number of amides is 1. The van der Waals surface area contributed by atoms with E-state index in [1.807, 2.05) is 30.3 Å². The second kappa shape index (κ2) is 12.6. The van der Waals surface area contributed by atoms with E-state index in [-0.39, 0.29) is 17.6 Å². The average Bonchev–Trinajstić information content (AvgIpc) is 2.80. The fraction of sp³-hybridized carbons (Fsp3) is 0.400. The van der Waals surface area contributed by atoms with E-state index >= 15 is 0 Å². The highest BCUT2D eigenvalue weighted by Gasteiger charge is 2.29. The predicted molar refractivity (Wildman–Crippen MR) is 125 cm³/mol. The lowest BCUT2D eigenvalue weighted by Gasteiger charge is -2.27. The van der Waals surface area contributed by atoms with E-state index < -0.39 is 12.0 Å². The number of benzene rings is 2. The number of nitrogens with two attached hydrogens (primary N) is 2. The van der Waals surface area contributed by atoms with Crippen LogP contribution in [0, 0.1) is 11.8 Å². The number of aliphatic carboxylic acids is 1. The Morgan fingerprint density at radius 1 is 1.00 bits per heavy atom. The molecule has 172 valence electrons. The first-order valence-corrected chi connectivity index (χ1v) is 10.9. The normalized spacial score (nSPS) is 18.6. The van der Waals surface area contributed by atoms with Gasteiger partial charge in [0.05, 0.1) is 0 Å². The van der Waals surface area contributed by atoms with Crippen molar-refractivity contribution in [2.75, 3.05) is 12.3 Å². The van der Waals surface area contributed by atoms with Gasteiger partial charge in [0.1, 0.15) is 6.04 Å². The molecule has 32 heavy (non-hydrogen) atoms. The van der Waals surface area contributed by atoms with Gasteiger partial charge in [-0.05, 0) is 74.9 Å². The first-order valence-electron chi connectivity index (χ1n) is 10.9. The minimum atomic E-state index is -0.993. The van der Waals surface area contributed by atoms with Crippen LogP contribution >= 0.6 is 0 Å². The number of Topliss-reactive ketones (excluding diaryl/α,β-unsaturated/α-hetero) is 1. The number of hydrogen-bond donors (Lipinski definition) is 4. The van der Waals surface area contributed by atoms with E-state index in [2.05, 4.69) is 5.32 Å². The maximum absolute atomic E-state index is 12.3. The Labute approximate surface area is 189 Å². The van der Waals surface area contributed by atoms with Crippen molar-refractivity contribution >= 4 is 23.3 Å². The van der Waals surface area contributed by atoms with E-state index in [0.717, 1.165) is 31.2 Å². The van der Waals surface area contributed by atoms with E-state index in [1.165, 1.54) is 6.92 Å². The third-order valence-electron chi connectivity index (χ3n) is 5.77. The van der Waals surface area contributed by atoms with Gasteiger partial charge in [0.2, 0.25) is 5.91 Å². The molecule has 0 aliphatic heterocycles. The molecule has 1 amide bonds. The van der Waals surface area contributed by atoms with Crippen molar-refractivity contribution < 1.29 is 19.5 Å². The topological polar surface area (TPSA) is 136 Å². The molecule has 0 spiro atoms. The van der Waals surface area contributed by atoms with Crippen LogP contribution in [0.25, 0.3) is 0 Å². The van der Waals surface area contributed by atoms with Gasteiger partial charge in [-0.3, -0.25) is 9.59 Å². The average molecular weight is 440 g/mol. The second-order valence-electron chi connectivity index (χ2n) is 8.22. The van der Waals surface area contributed by atoms with E-state index in [4.69, 9.17) is 11.5 Å².